The zero-order valence-electron chi connectivity index (χ0n) is 8.85. The fourth-order valence-corrected chi connectivity index (χ4v) is 2.34. The predicted octanol–water partition coefficient (Wildman–Crippen LogP) is 4.23. The van der Waals surface area contributed by atoms with Gasteiger partial charge < -0.3 is 0 Å². The second kappa shape index (κ2) is 4.96. The molecule has 3 heteroatoms. The van der Waals surface area contributed by atoms with Crippen molar-refractivity contribution in [2.24, 2.45) is 0 Å². The maximum Gasteiger partial charge on any atom is 0.129 e. The Morgan fingerprint density at radius 3 is 2.81 bits per heavy atom. The van der Waals surface area contributed by atoms with Crippen LogP contribution in [0.3, 0.4) is 0 Å². The predicted molar refractivity (Wildman–Crippen MR) is 61.6 cm³/mol. The maximum atomic E-state index is 13.4. The van der Waals surface area contributed by atoms with Gasteiger partial charge >= 0.3 is 0 Å². The second-order valence-corrected chi connectivity index (χ2v) is 4.71. The largest absolute Gasteiger partial charge is 0.207 e. The second-order valence-electron chi connectivity index (χ2n) is 4.15. The average molecular weight is 243 g/mol. The molecule has 0 heterocycles. The minimum atomic E-state index is -0.533. The highest BCUT2D eigenvalue weighted by molar-refractivity contribution is 6.21. The van der Waals surface area contributed by atoms with Gasteiger partial charge in [-0.2, -0.15) is 0 Å². The van der Waals surface area contributed by atoms with Crippen LogP contribution in [0.25, 0.3) is 0 Å². The quantitative estimate of drug-likeness (QED) is 0.538. The standard InChI is InChI=1S/C13H13ClF2/c14-11-3-1-2-9(7-11)6-10-4-5-12(15)8-13(10)16/h4-5,7-8,11H,1-3,6H2. The van der Waals surface area contributed by atoms with Gasteiger partial charge in [-0.3, -0.25) is 0 Å². The Hall–Kier alpha value is -0.890. The molecule has 0 fully saturated rings. The summed E-state index contributed by atoms with van der Waals surface area (Å²) in [4.78, 5) is 0. The zero-order valence-corrected chi connectivity index (χ0v) is 9.61. The SMILES string of the molecule is Fc1ccc(CC2=CC(Cl)CCC2)c(F)c1. The molecular formula is C13H13ClF2. The van der Waals surface area contributed by atoms with E-state index < -0.39 is 11.6 Å². The molecule has 1 aliphatic carbocycles. The number of hydrogen-bond donors (Lipinski definition) is 0. The van der Waals surface area contributed by atoms with Crippen LogP contribution in [0.1, 0.15) is 24.8 Å². The molecular weight excluding hydrogens is 230 g/mol. The molecule has 1 aromatic carbocycles. The third kappa shape index (κ3) is 2.82. The van der Waals surface area contributed by atoms with E-state index in [4.69, 9.17) is 11.6 Å². The molecule has 1 atom stereocenters. The minimum absolute atomic E-state index is 0.0623. The van der Waals surface area contributed by atoms with Crippen molar-refractivity contribution in [3.63, 3.8) is 0 Å². The van der Waals surface area contributed by atoms with Gasteiger partial charge in [0.05, 0.1) is 5.38 Å². The first-order valence-corrected chi connectivity index (χ1v) is 5.86. The van der Waals surface area contributed by atoms with Crippen molar-refractivity contribution < 1.29 is 8.78 Å². The highest BCUT2D eigenvalue weighted by atomic mass is 35.5. The van der Waals surface area contributed by atoms with Gasteiger partial charge in [-0.15, -0.1) is 11.6 Å². The molecule has 1 aromatic rings. The van der Waals surface area contributed by atoms with Crippen LogP contribution in [0, 0.1) is 11.6 Å². The van der Waals surface area contributed by atoms with Crippen molar-refractivity contribution in [2.45, 2.75) is 31.1 Å². The smallest absolute Gasteiger partial charge is 0.129 e. The number of halogens is 3. The van der Waals surface area contributed by atoms with Crippen molar-refractivity contribution in [1.29, 1.82) is 0 Å². The summed E-state index contributed by atoms with van der Waals surface area (Å²) in [5.74, 6) is -1.01. The number of benzene rings is 1. The Kier molecular flexibility index (Phi) is 3.59. The van der Waals surface area contributed by atoms with E-state index in [1.165, 1.54) is 12.1 Å². The van der Waals surface area contributed by atoms with Crippen molar-refractivity contribution in [3.8, 4) is 0 Å². The fraction of sp³-hybridized carbons (Fsp3) is 0.385. The van der Waals surface area contributed by atoms with E-state index in [1.54, 1.807) is 0 Å². The molecule has 1 unspecified atom stereocenters. The third-order valence-electron chi connectivity index (χ3n) is 2.83. The molecule has 86 valence electrons. The van der Waals surface area contributed by atoms with Crippen LogP contribution in [0.5, 0.6) is 0 Å². The molecule has 0 radical (unpaired) electrons. The molecule has 1 aliphatic rings. The van der Waals surface area contributed by atoms with Crippen molar-refractivity contribution >= 4 is 11.6 Å². The van der Waals surface area contributed by atoms with Gasteiger partial charge in [0.2, 0.25) is 0 Å². The van der Waals surface area contributed by atoms with Gasteiger partial charge in [-0.25, -0.2) is 8.78 Å². The Labute approximate surface area is 98.9 Å². The van der Waals surface area contributed by atoms with Gasteiger partial charge in [-0.1, -0.05) is 17.7 Å². The van der Waals surface area contributed by atoms with E-state index in [1.807, 2.05) is 6.08 Å². The van der Waals surface area contributed by atoms with Gasteiger partial charge in [0.25, 0.3) is 0 Å². The first kappa shape index (κ1) is 11.6. The van der Waals surface area contributed by atoms with Crippen molar-refractivity contribution in [2.75, 3.05) is 0 Å². The Morgan fingerprint density at radius 1 is 1.31 bits per heavy atom. The van der Waals surface area contributed by atoms with Gasteiger partial charge in [0, 0.05) is 6.07 Å². The molecule has 0 N–H and O–H groups in total. The summed E-state index contributed by atoms with van der Waals surface area (Å²) in [6, 6.07) is 3.72. The highest BCUT2D eigenvalue weighted by Crippen LogP contribution is 2.25. The Balaban J connectivity index is 2.14. The van der Waals surface area contributed by atoms with Gasteiger partial charge in [-0.05, 0) is 37.3 Å². The molecule has 0 amide bonds. The monoisotopic (exact) mass is 242 g/mol. The van der Waals surface area contributed by atoms with Crippen molar-refractivity contribution in [3.05, 3.63) is 47.0 Å². The summed E-state index contributed by atoms with van der Waals surface area (Å²) in [7, 11) is 0. The van der Waals surface area contributed by atoms with E-state index in [2.05, 4.69) is 0 Å². The summed E-state index contributed by atoms with van der Waals surface area (Å²) in [6.45, 7) is 0. The van der Waals surface area contributed by atoms with E-state index >= 15 is 0 Å². The molecule has 0 bridgehead atoms. The Morgan fingerprint density at radius 2 is 2.12 bits per heavy atom. The first-order valence-electron chi connectivity index (χ1n) is 5.43. The lowest BCUT2D eigenvalue weighted by atomic mass is 9.94. The molecule has 0 nitrogen and oxygen atoms in total. The Bertz CT molecular complexity index is 412. The average Bonchev–Trinajstić information content (AvgIpc) is 2.22. The summed E-state index contributed by atoms with van der Waals surface area (Å²) in [5, 5.41) is 0.0623. The van der Waals surface area contributed by atoms with E-state index in [9.17, 15) is 8.78 Å². The molecule has 0 aromatic heterocycles. The van der Waals surface area contributed by atoms with Crippen LogP contribution in [-0.2, 0) is 6.42 Å². The molecule has 2 rings (SSSR count). The number of hydrogen-bond acceptors (Lipinski definition) is 0. The fourth-order valence-electron chi connectivity index (χ4n) is 2.00. The summed E-state index contributed by atoms with van der Waals surface area (Å²) >= 11 is 6.01. The van der Waals surface area contributed by atoms with Gasteiger partial charge in [0.15, 0.2) is 0 Å². The molecule has 0 aliphatic heterocycles. The van der Waals surface area contributed by atoms with E-state index in [0.29, 0.717) is 12.0 Å². The summed E-state index contributed by atoms with van der Waals surface area (Å²) in [5.41, 5.74) is 1.69. The van der Waals surface area contributed by atoms with Crippen LogP contribution in [-0.4, -0.2) is 5.38 Å². The number of allylic oxidation sites excluding steroid dienone is 2. The van der Waals surface area contributed by atoms with Crippen LogP contribution >= 0.6 is 11.6 Å². The van der Waals surface area contributed by atoms with Crippen LogP contribution < -0.4 is 0 Å². The molecule has 16 heavy (non-hydrogen) atoms. The lowest BCUT2D eigenvalue weighted by molar-refractivity contribution is 0.572. The van der Waals surface area contributed by atoms with Crippen molar-refractivity contribution in [1.82, 2.24) is 0 Å². The summed E-state index contributed by atoms with van der Waals surface area (Å²) in [6.07, 6.45) is 5.52. The highest BCUT2D eigenvalue weighted by Gasteiger charge is 2.13. The lowest BCUT2D eigenvalue weighted by Gasteiger charge is -2.16. The van der Waals surface area contributed by atoms with Crippen LogP contribution in [0.4, 0.5) is 8.78 Å². The van der Waals surface area contributed by atoms with Gasteiger partial charge in [0.1, 0.15) is 11.6 Å². The molecule has 0 saturated carbocycles. The topological polar surface area (TPSA) is 0 Å². The molecule has 0 spiro atoms. The number of alkyl halides is 1. The zero-order chi connectivity index (χ0) is 11.5. The van der Waals surface area contributed by atoms with E-state index in [-0.39, 0.29) is 5.38 Å². The third-order valence-corrected chi connectivity index (χ3v) is 3.17. The summed E-state index contributed by atoms with van der Waals surface area (Å²) < 4.78 is 26.1. The van der Waals surface area contributed by atoms with Crippen LogP contribution in [0.15, 0.2) is 29.8 Å². The maximum absolute atomic E-state index is 13.4. The first-order chi connectivity index (χ1) is 7.65. The normalized spacial score (nSPS) is 20.7. The number of rotatable bonds is 2. The van der Waals surface area contributed by atoms with E-state index in [0.717, 1.165) is 30.9 Å². The lowest BCUT2D eigenvalue weighted by Crippen LogP contribution is -2.06. The molecule has 0 saturated heterocycles. The minimum Gasteiger partial charge on any atom is -0.207 e. The van der Waals surface area contributed by atoms with Crippen LogP contribution in [0.2, 0.25) is 0 Å².